The van der Waals surface area contributed by atoms with E-state index in [1.165, 1.54) is 0 Å². The second-order valence-electron chi connectivity index (χ2n) is 6.94. The van der Waals surface area contributed by atoms with E-state index in [0.717, 1.165) is 17.8 Å². The maximum Gasteiger partial charge on any atom is 0.250 e. The number of nitrogens with zero attached hydrogens (tertiary/aromatic N) is 1. The molecule has 3 rings (SSSR count). The van der Waals surface area contributed by atoms with Crippen molar-refractivity contribution in [3.8, 4) is 0 Å². The van der Waals surface area contributed by atoms with Crippen LogP contribution in [-0.2, 0) is 9.59 Å². The molecule has 2 amide bonds. The van der Waals surface area contributed by atoms with Gasteiger partial charge in [0.25, 0.3) is 0 Å². The van der Waals surface area contributed by atoms with Gasteiger partial charge in [0.15, 0.2) is 0 Å². The minimum Gasteiger partial charge on any atom is -0.369 e. The Kier molecular flexibility index (Phi) is 4.49. The Morgan fingerprint density at radius 3 is 2.54 bits per heavy atom. The molecule has 1 spiro atoms. The Morgan fingerprint density at radius 2 is 1.92 bits per heavy atom. The summed E-state index contributed by atoms with van der Waals surface area (Å²) in [7, 11) is 0. The van der Waals surface area contributed by atoms with Crippen molar-refractivity contribution >= 4 is 23.2 Å². The number of anilines is 2. The van der Waals surface area contributed by atoms with Gasteiger partial charge in [0.2, 0.25) is 11.8 Å². The number of para-hydroxylation sites is 2. The van der Waals surface area contributed by atoms with Crippen molar-refractivity contribution in [2.45, 2.75) is 44.7 Å². The molecule has 2 heterocycles. The van der Waals surface area contributed by atoms with Crippen molar-refractivity contribution < 1.29 is 9.59 Å². The number of piperidine rings is 1. The van der Waals surface area contributed by atoms with E-state index in [0.29, 0.717) is 25.9 Å². The molecule has 0 saturated carbocycles. The first-order valence-electron chi connectivity index (χ1n) is 8.70. The van der Waals surface area contributed by atoms with Crippen LogP contribution in [0.2, 0.25) is 0 Å². The van der Waals surface area contributed by atoms with Gasteiger partial charge in [-0.1, -0.05) is 32.4 Å². The third-order valence-corrected chi connectivity index (χ3v) is 5.45. The largest absolute Gasteiger partial charge is 0.369 e. The standard InChI is InChI=1S/C18H26N4O2/c1-3-12(2)15(19)16(23)22-10-8-18(9-11-22)17(24)20-13-6-4-5-7-14(13)21-18/h4-7,12,15,21H,3,8-11,19H2,1-2H3,(H,20,24)/t12-,15-/m0/s1. The number of carbonyl (C=O) groups excluding carboxylic acids is 2. The molecule has 0 bridgehead atoms. The number of benzene rings is 1. The number of rotatable bonds is 3. The highest BCUT2D eigenvalue weighted by Gasteiger charge is 2.45. The molecule has 0 aliphatic carbocycles. The molecule has 130 valence electrons. The number of hydrogen-bond donors (Lipinski definition) is 3. The van der Waals surface area contributed by atoms with Crippen molar-refractivity contribution in [1.29, 1.82) is 0 Å². The highest BCUT2D eigenvalue weighted by molar-refractivity contribution is 6.06. The van der Waals surface area contributed by atoms with Crippen LogP contribution in [-0.4, -0.2) is 41.4 Å². The molecule has 1 fully saturated rings. The van der Waals surface area contributed by atoms with Gasteiger partial charge >= 0.3 is 0 Å². The molecule has 24 heavy (non-hydrogen) atoms. The second kappa shape index (κ2) is 6.43. The molecule has 1 aromatic rings. The Labute approximate surface area is 142 Å². The topological polar surface area (TPSA) is 87.5 Å². The van der Waals surface area contributed by atoms with Crippen molar-refractivity contribution in [3.63, 3.8) is 0 Å². The molecule has 6 nitrogen and oxygen atoms in total. The zero-order valence-corrected chi connectivity index (χ0v) is 14.3. The maximum atomic E-state index is 12.6. The average Bonchev–Trinajstić information content (AvgIpc) is 2.61. The average molecular weight is 330 g/mol. The Morgan fingerprint density at radius 1 is 1.29 bits per heavy atom. The van der Waals surface area contributed by atoms with Crippen LogP contribution in [0.25, 0.3) is 0 Å². The number of fused-ring (bicyclic) bond motifs is 1. The molecular weight excluding hydrogens is 304 g/mol. The first kappa shape index (κ1) is 16.8. The second-order valence-corrected chi connectivity index (χ2v) is 6.94. The molecule has 2 aliphatic heterocycles. The molecule has 4 N–H and O–H groups in total. The fourth-order valence-corrected chi connectivity index (χ4v) is 3.43. The number of carbonyl (C=O) groups is 2. The van der Waals surface area contributed by atoms with Gasteiger partial charge in [0, 0.05) is 13.1 Å². The zero-order valence-electron chi connectivity index (χ0n) is 14.3. The van der Waals surface area contributed by atoms with Crippen LogP contribution in [0.1, 0.15) is 33.1 Å². The van der Waals surface area contributed by atoms with Gasteiger partial charge < -0.3 is 21.3 Å². The van der Waals surface area contributed by atoms with Gasteiger partial charge in [-0.05, 0) is 30.9 Å². The number of hydrogen-bond acceptors (Lipinski definition) is 4. The van der Waals surface area contributed by atoms with Crippen LogP contribution in [0.15, 0.2) is 24.3 Å². The minimum absolute atomic E-state index is 0.00387. The summed E-state index contributed by atoms with van der Waals surface area (Å²) in [6.07, 6.45) is 2.06. The lowest BCUT2D eigenvalue weighted by Gasteiger charge is -2.44. The molecule has 1 aromatic carbocycles. The minimum atomic E-state index is -0.633. The summed E-state index contributed by atoms with van der Waals surface area (Å²) >= 11 is 0. The van der Waals surface area contributed by atoms with Crippen LogP contribution in [0.4, 0.5) is 11.4 Å². The van der Waals surface area contributed by atoms with Crippen molar-refractivity contribution in [3.05, 3.63) is 24.3 Å². The van der Waals surface area contributed by atoms with E-state index < -0.39 is 11.6 Å². The summed E-state index contributed by atoms with van der Waals surface area (Å²) in [6, 6.07) is 7.24. The monoisotopic (exact) mass is 330 g/mol. The summed E-state index contributed by atoms with van der Waals surface area (Å²) in [5.74, 6) is 0.145. The third kappa shape index (κ3) is 2.86. The van der Waals surface area contributed by atoms with Crippen LogP contribution in [0.3, 0.4) is 0 Å². The normalized spacial score (nSPS) is 21.5. The summed E-state index contributed by atoms with van der Waals surface area (Å²) in [6.45, 7) is 5.13. The lowest BCUT2D eigenvalue weighted by atomic mass is 9.84. The molecule has 2 aliphatic rings. The van der Waals surface area contributed by atoms with E-state index in [9.17, 15) is 9.59 Å². The lowest BCUT2D eigenvalue weighted by Crippen LogP contribution is -2.60. The summed E-state index contributed by atoms with van der Waals surface area (Å²) in [4.78, 5) is 26.9. The lowest BCUT2D eigenvalue weighted by molar-refractivity contribution is -0.137. The fraction of sp³-hybridized carbons (Fsp3) is 0.556. The number of nitrogens with two attached hydrogens (primary N) is 1. The summed E-state index contributed by atoms with van der Waals surface area (Å²) in [5, 5.41) is 6.39. The Bertz CT molecular complexity index is 638. The van der Waals surface area contributed by atoms with E-state index in [4.69, 9.17) is 5.73 Å². The van der Waals surface area contributed by atoms with Crippen LogP contribution in [0, 0.1) is 5.92 Å². The quantitative estimate of drug-likeness (QED) is 0.788. The highest BCUT2D eigenvalue weighted by atomic mass is 16.2. The molecule has 2 atom stereocenters. The first-order chi connectivity index (χ1) is 11.5. The van der Waals surface area contributed by atoms with Gasteiger partial charge in [-0.3, -0.25) is 9.59 Å². The SMILES string of the molecule is CC[C@H](C)[C@H](N)C(=O)N1CCC2(CC1)Nc1ccccc1NC2=O. The highest BCUT2D eigenvalue weighted by Crippen LogP contribution is 2.36. The van der Waals surface area contributed by atoms with E-state index in [1.54, 1.807) is 4.90 Å². The fourth-order valence-electron chi connectivity index (χ4n) is 3.43. The predicted molar refractivity (Wildman–Crippen MR) is 94.7 cm³/mol. The predicted octanol–water partition coefficient (Wildman–Crippen LogP) is 1.79. The summed E-state index contributed by atoms with van der Waals surface area (Å²) < 4.78 is 0. The van der Waals surface area contributed by atoms with Crippen LogP contribution in [0.5, 0.6) is 0 Å². The first-order valence-corrected chi connectivity index (χ1v) is 8.70. The van der Waals surface area contributed by atoms with E-state index in [-0.39, 0.29) is 17.7 Å². The molecule has 0 radical (unpaired) electrons. The van der Waals surface area contributed by atoms with Gasteiger partial charge in [-0.2, -0.15) is 0 Å². The van der Waals surface area contributed by atoms with Gasteiger partial charge in [-0.25, -0.2) is 0 Å². The molecule has 0 aromatic heterocycles. The zero-order chi connectivity index (χ0) is 17.3. The molecule has 1 saturated heterocycles. The van der Waals surface area contributed by atoms with Crippen molar-refractivity contribution in [1.82, 2.24) is 4.90 Å². The molecule has 6 heteroatoms. The van der Waals surface area contributed by atoms with Crippen LogP contribution >= 0.6 is 0 Å². The van der Waals surface area contributed by atoms with Gasteiger partial charge in [-0.15, -0.1) is 0 Å². The Balaban J connectivity index is 1.69. The summed E-state index contributed by atoms with van der Waals surface area (Å²) in [5.41, 5.74) is 7.19. The van der Waals surface area contributed by atoms with E-state index >= 15 is 0 Å². The van der Waals surface area contributed by atoms with E-state index in [2.05, 4.69) is 10.6 Å². The van der Waals surface area contributed by atoms with Crippen molar-refractivity contribution in [2.24, 2.45) is 11.7 Å². The molecule has 0 unspecified atom stereocenters. The number of amides is 2. The molecular formula is C18H26N4O2. The van der Waals surface area contributed by atoms with Crippen LogP contribution < -0.4 is 16.4 Å². The van der Waals surface area contributed by atoms with E-state index in [1.807, 2.05) is 38.1 Å². The van der Waals surface area contributed by atoms with Crippen molar-refractivity contribution in [2.75, 3.05) is 23.7 Å². The smallest absolute Gasteiger partial charge is 0.250 e. The van der Waals surface area contributed by atoms with Gasteiger partial charge in [0.1, 0.15) is 5.54 Å². The van der Waals surface area contributed by atoms with Gasteiger partial charge in [0.05, 0.1) is 17.4 Å². The third-order valence-electron chi connectivity index (χ3n) is 5.45. The maximum absolute atomic E-state index is 12.6. The number of likely N-dealkylation sites (tertiary alicyclic amines) is 1. The number of nitrogens with one attached hydrogen (secondary N) is 2. The Hall–Kier alpha value is -2.08.